The van der Waals surface area contributed by atoms with Crippen molar-refractivity contribution in [2.24, 2.45) is 0 Å². The van der Waals surface area contributed by atoms with Crippen molar-refractivity contribution in [1.82, 2.24) is 14.8 Å². The van der Waals surface area contributed by atoms with Gasteiger partial charge in [-0.2, -0.15) is 5.26 Å². The van der Waals surface area contributed by atoms with E-state index in [1.54, 1.807) is 17.2 Å². The molecular weight excluding hydrogens is 226 g/mol. The minimum atomic E-state index is 0.711. The van der Waals surface area contributed by atoms with Crippen LogP contribution in [-0.4, -0.2) is 27.9 Å². The number of benzene rings is 1. The molecule has 5 nitrogen and oxygen atoms in total. The number of anilines is 1. The summed E-state index contributed by atoms with van der Waals surface area (Å²) < 4.78 is 1.80. The first-order chi connectivity index (χ1) is 8.88. The quantitative estimate of drug-likeness (QED) is 0.801. The van der Waals surface area contributed by atoms with Gasteiger partial charge in [-0.25, -0.2) is 0 Å². The standard InChI is InChI=1S/C13H13N5/c14-8-11-7-12(18-9-15-16-10-18)3-4-13(11)17-5-1-2-6-17/h3-4,7,9-10H,1-2,5-6H2. The Morgan fingerprint density at radius 3 is 2.50 bits per heavy atom. The van der Waals surface area contributed by atoms with Crippen LogP contribution in [0.2, 0.25) is 0 Å². The zero-order valence-corrected chi connectivity index (χ0v) is 9.95. The van der Waals surface area contributed by atoms with Crippen LogP contribution in [0.3, 0.4) is 0 Å². The van der Waals surface area contributed by atoms with Gasteiger partial charge in [0.15, 0.2) is 0 Å². The van der Waals surface area contributed by atoms with Crippen molar-refractivity contribution in [3.63, 3.8) is 0 Å². The third-order valence-corrected chi connectivity index (χ3v) is 3.26. The lowest BCUT2D eigenvalue weighted by molar-refractivity contribution is 0.949. The molecule has 90 valence electrons. The molecule has 0 saturated carbocycles. The summed E-state index contributed by atoms with van der Waals surface area (Å²) in [5.74, 6) is 0. The Morgan fingerprint density at radius 1 is 1.11 bits per heavy atom. The van der Waals surface area contributed by atoms with E-state index in [0.717, 1.165) is 24.5 Å². The maximum absolute atomic E-state index is 9.28. The second-order valence-electron chi connectivity index (χ2n) is 4.38. The molecule has 5 heteroatoms. The van der Waals surface area contributed by atoms with Gasteiger partial charge in [-0.05, 0) is 31.0 Å². The molecule has 18 heavy (non-hydrogen) atoms. The lowest BCUT2D eigenvalue weighted by Crippen LogP contribution is -2.18. The van der Waals surface area contributed by atoms with E-state index in [1.807, 2.05) is 18.2 Å². The Balaban J connectivity index is 2.00. The molecule has 1 aromatic heterocycles. The van der Waals surface area contributed by atoms with E-state index in [2.05, 4.69) is 21.2 Å². The van der Waals surface area contributed by atoms with Crippen LogP contribution in [0, 0.1) is 11.3 Å². The average molecular weight is 239 g/mol. The normalized spacial score (nSPS) is 14.7. The Bertz CT molecular complexity index is 576. The van der Waals surface area contributed by atoms with Crippen LogP contribution in [0.1, 0.15) is 18.4 Å². The highest BCUT2D eigenvalue weighted by molar-refractivity contribution is 5.63. The molecule has 0 bridgehead atoms. The third kappa shape index (κ3) is 1.82. The second-order valence-corrected chi connectivity index (χ2v) is 4.38. The van der Waals surface area contributed by atoms with Gasteiger partial charge in [0.2, 0.25) is 0 Å². The highest BCUT2D eigenvalue weighted by atomic mass is 15.2. The summed E-state index contributed by atoms with van der Waals surface area (Å²) in [6, 6.07) is 8.18. The molecule has 0 amide bonds. The fraction of sp³-hybridized carbons (Fsp3) is 0.308. The van der Waals surface area contributed by atoms with Crippen LogP contribution in [0.25, 0.3) is 5.69 Å². The van der Waals surface area contributed by atoms with Gasteiger partial charge in [-0.1, -0.05) is 0 Å². The first kappa shape index (κ1) is 10.8. The molecule has 2 aromatic rings. The van der Waals surface area contributed by atoms with E-state index in [-0.39, 0.29) is 0 Å². The number of nitrogens with zero attached hydrogens (tertiary/aromatic N) is 5. The monoisotopic (exact) mass is 239 g/mol. The predicted molar refractivity (Wildman–Crippen MR) is 67.5 cm³/mol. The predicted octanol–water partition coefficient (Wildman–Crippen LogP) is 1.74. The molecule has 1 aliphatic rings. The van der Waals surface area contributed by atoms with E-state index in [9.17, 15) is 5.26 Å². The maximum Gasteiger partial charge on any atom is 0.123 e. The molecule has 0 radical (unpaired) electrons. The lowest BCUT2D eigenvalue weighted by atomic mass is 10.1. The summed E-state index contributed by atoms with van der Waals surface area (Å²) in [6.07, 6.45) is 5.67. The Hall–Kier alpha value is -2.35. The van der Waals surface area contributed by atoms with Crippen molar-refractivity contribution in [3.8, 4) is 11.8 Å². The topological polar surface area (TPSA) is 57.7 Å². The number of hydrogen-bond acceptors (Lipinski definition) is 4. The third-order valence-electron chi connectivity index (χ3n) is 3.26. The van der Waals surface area contributed by atoms with Crippen molar-refractivity contribution >= 4 is 5.69 Å². The van der Waals surface area contributed by atoms with Gasteiger partial charge in [0, 0.05) is 18.8 Å². The van der Waals surface area contributed by atoms with Gasteiger partial charge in [0.1, 0.15) is 18.7 Å². The van der Waals surface area contributed by atoms with Gasteiger partial charge in [-0.15, -0.1) is 10.2 Å². The molecule has 0 spiro atoms. The van der Waals surface area contributed by atoms with Crippen molar-refractivity contribution in [3.05, 3.63) is 36.4 Å². The first-order valence-electron chi connectivity index (χ1n) is 6.02. The van der Waals surface area contributed by atoms with Gasteiger partial charge in [0.25, 0.3) is 0 Å². The number of rotatable bonds is 2. The zero-order chi connectivity index (χ0) is 12.4. The summed E-state index contributed by atoms with van der Waals surface area (Å²) >= 11 is 0. The lowest BCUT2D eigenvalue weighted by Gasteiger charge is -2.19. The van der Waals surface area contributed by atoms with Gasteiger partial charge in [-0.3, -0.25) is 4.57 Å². The van der Waals surface area contributed by atoms with E-state index in [1.165, 1.54) is 12.8 Å². The maximum atomic E-state index is 9.28. The van der Waals surface area contributed by atoms with Gasteiger partial charge < -0.3 is 4.90 Å². The zero-order valence-electron chi connectivity index (χ0n) is 9.95. The Kier molecular flexibility index (Phi) is 2.69. The average Bonchev–Trinajstić information content (AvgIpc) is 3.11. The summed E-state index contributed by atoms with van der Waals surface area (Å²) in [5, 5.41) is 16.8. The number of hydrogen-bond donors (Lipinski definition) is 0. The van der Waals surface area contributed by atoms with Crippen molar-refractivity contribution in [2.45, 2.75) is 12.8 Å². The Labute approximate surface area is 105 Å². The van der Waals surface area contributed by atoms with Crippen LogP contribution in [-0.2, 0) is 0 Å². The van der Waals surface area contributed by atoms with E-state index in [4.69, 9.17) is 0 Å². The van der Waals surface area contributed by atoms with Gasteiger partial charge >= 0.3 is 0 Å². The van der Waals surface area contributed by atoms with Crippen LogP contribution < -0.4 is 4.90 Å². The van der Waals surface area contributed by atoms with E-state index in [0.29, 0.717) is 5.56 Å². The fourth-order valence-corrected chi connectivity index (χ4v) is 2.34. The molecule has 1 aliphatic heterocycles. The molecule has 1 fully saturated rings. The summed E-state index contributed by atoms with van der Waals surface area (Å²) in [5.41, 5.74) is 2.66. The van der Waals surface area contributed by atoms with Crippen molar-refractivity contribution in [2.75, 3.05) is 18.0 Å². The van der Waals surface area contributed by atoms with Crippen LogP contribution in [0.4, 0.5) is 5.69 Å². The molecule has 0 N–H and O–H groups in total. The molecule has 1 aromatic carbocycles. The first-order valence-corrected chi connectivity index (χ1v) is 6.02. The molecule has 0 atom stereocenters. The molecule has 1 saturated heterocycles. The highest BCUT2D eigenvalue weighted by Gasteiger charge is 2.16. The smallest absolute Gasteiger partial charge is 0.123 e. The SMILES string of the molecule is N#Cc1cc(-n2cnnc2)ccc1N1CCCC1. The summed E-state index contributed by atoms with van der Waals surface area (Å²) in [6.45, 7) is 2.08. The molecule has 2 heterocycles. The summed E-state index contributed by atoms with van der Waals surface area (Å²) in [4.78, 5) is 2.27. The van der Waals surface area contributed by atoms with E-state index < -0.39 is 0 Å². The summed E-state index contributed by atoms with van der Waals surface area (Å²) in [7, 11) is 0. The van der Waals surface area contributed by atoms with Crippen molar-refractivity contribution in [1.29, 1.82) is 5.26 Å². The largest absolute Gasteiger partial charge is 0.370 e. The minimum Gasteiger partial charge on any atom is -0.370 e. The molecule has 0 unspecified atom stereocenters. The molecule has 3 rings (SSSR count). The number of nitriles is 1. The highest BCUT2D eigenvalue weighted by Crippen LogP contribution is 2.26. The fourth-order valence-electron chi connectivity index (χ4n) is 2.34. The second kappa shape index (κ2) is 4.49. The molecule has 0 aliphatic carbocycles. The van der Waals surface area contributed by atoms with E-state index >= 15 is 0 Å². The Morgan fingerprint density at radius 2 is 1.83 bits per heavy atom. The van der Waals surface area contributed by atoms with Crippen LogP contribution in [0.15, 0.2) is 30.9 Å². The minimum absolute atomic E-state index is 0.711. The van der Waals surface area contributed by atoms with Crippen LogP contribution >= 0.6 is 0 Å². The van der Waals surface area contributed by atoms with Gasteiger partial charge in [0.05, 0.1) is 11.3 Å². The number of aromatic nitrogens is 3. The van der Waals surface area contributed by atoms with Crippen molar-refractivity contribution < 1.29 is 0 Å². The van der Waals surface area contributed by atoms with Crippen LogP contribution in [0.5, 0.6) is 0 Å². The molecular formula is C13H13N5.